The van der Waals surface area contributed by atoms with Crippen molar-refractivity contribution in [2.75, 3.05) is 12.8 Å². The highest BCUT2D eigenvalue weighted by Gasteiger charge is 2.02. The van der Waals surface area contributed by atoms with Gasteiger partial charge in [0.1, 0.15) is 5.75 Å². The standard InChI is InChI=1S/C12H12N2O/c1-15-10-4-2-3-9(7-10)11-8-14-6-5-12(11)13/h2-8H,1H3,(H2,13,14). The first kappa shape index (κ1) is 9.52. The Kier molecular flexibility index (Phi) is 2.54. The highest BCUT2D eigenvalue weighted by atomic mass is 16.5. The number of nitrogens with two attached hydrogens (primary N) is 1. The second kappa shape index (κ2) is 4.00. The zero-order valence-electron chi connectivity index (χ0n) is 8.47. The number of pyridine rings is 1. The van der Waals surface area contributed by atoms with Crippen molar-refractivity contribution in [2.45, 2.75) is 0 Å². The van der Waals surface area contributed by atoms with Gasteiger partial charge in [0.25, 0.3) is 0 Å². The first-order valence-corrected chi connectivity index (χ1v) is 4.65. The van der Waals surface area contributed by atoms with Crippen molar-refractivity contribution in [3.63, 3.8) is 0 Å². The smallest absolute Gasteiger partial charge is 0.119 e. The summed E-state index contributed by atoms with van der Waals surface area (Å²) in [6, 6.07) is 9.54. The lowest BCUT2D eigenvalue weighted by atomic mass is 10.1. The Hall–Kier alpha value is -2.03. The highest BCUT2D eigenvalue weighted by Crippen LogP contribution is 2.27. The van der Waals surface area contributed by atoms with Gasteiger partial charge in [-0.3, -0.25) is 4.98 Å². The molecule has 2 rings (SSSR count). The average Bonchev–Trinajstić information content (AvgIpc) is 2.30. The maximum atomic E-state index is 5.86. The fourth-order valence-corrected chi connectivity index (χ4v) is 1.44. The van der Waals surface area contributed by atoms with Crippen LogP contribution in [0.25, 0.3) is 11.1 Å². The van der Waals surface area contributed by atoms with Crippen molar-refractivity contribution < 1.29 is 4.74 Å². The molecule has 1 heterocycles. The number of nitrogens with zero attached hydrogens (tertiary/aromatic N) is 1. The molecule has 1 aromatic heterocycles. The first-order valence-electron chi connectivity index (χ1n) is 4.65. The van der Waals surface area contributed by atoms with Crippen molar-refractivity contribution in [3.8, 4) is 16.9 Å². The van der Waals surface area contributed by atoms with Crippen molar-refractivity contribution in [3.05, 3.63) is 42.7 Å². The lowest BCUT2D eigenvalue weighted by molar-refractivity contribution is 0.415. The van der Waals surface area contributed by atoms with E-state index in [1.54, 1.807) is 25.6 Å². The van der Waals surface area contributed by atoms with E-state index in [4.69, 9.17) is 10.5 Å². The number of aromatic nitrogens is 1. The van der Waals surface area contributed by atoms with Crippen LogP contribution < -0.4 is 10.5 Å². The molecule has 0 radical (unpaired) electrons. The Morgan fingerprint density at radius 2 is 2.13 bits per heavy atom. The fraction of sp³-hybridized carbons (Fsp3) is 0.0833. The quantitative estimate of drug-likeness (QED) is 0.809. The number of methoxy groups -OCH3 is 1. The molecule has 0 fully saturated rings. The van der Waals surface area contributed by atoms with E-state index in [1.165, 1.54) is 0 Å². The summed E-state index contributed by atoms with van der Waals surface area (Å²) in [5, 5.41) is 0. The molecule has 15 heavy (non-hydrogen) atoms. The van der Waals surface area contributed by atoms with E-state index in [0.29, 0.717) is 0 Å². The predicted molar refractivity (Wildman–Crippen MR) is 60.6 cm³/mol. The van der Waals surface area contributed by atoms with Gasteiger partial charge in [-0.05, 0) is 23.8 Å². The Morgan fingerprint density at radius 3 is 2.87 bits per heavy atom. The molecule has 2 N–H and O–H groups in total. The van der Waals surface area contributed by atoms with Gasteiger partial charge in [0.05, 0.1) is 7.11 Å². The minimum atomic E-state index is 0.721. The van der Waals surface area contributed by atoms with Gasteiger partial charge in [-0.25, -0.2) is 0 Å². The minimum Gasteiger partial charge on any atom is -0.497 e. The Labute approximate surface area is 88.5 Å². The number of anilines is 1. The van der Waals surface area contributed by atoms with Crippen LogP contribution in [-0.4, -0.2) is 12.1 Å². The topological polar surface area (TPSA) is 48.1 Å². The van der Waals surface area contributed by atoms with Crippen LogP contribution in [-0.2, 0) is 0 Å². The maximum absolute atomic E-state index is 5.86. The summed E-state index contributed by atoms with van der Waals surface area (Å²) >= 11 is 0. The van der Waals surface area contributed by atoms with Crippen molar-refractivity contribution in [2.24, 2.45) is 0 Å². The van der Waals surface area contributed by atoms with Gasteiger partial charge in [-0.1, -0.05) is 12.1 Å². The summed E-state index contributed by atoms with van der Waals surface area (Å²) < 4.78 is 5.15. The molecule has 1 aromatic carbocycles. The molecular formula is C12H12N2O. The van der Waals surface area contributed by atoms with Crippen molar-refractivity contribution in [1.29, 1.82) is 0 Å². The monoisotopic (exact) mass is 200 g/mol. The molecule has 0 atom stereocenters. The van der Waals surface area contributed by atoms with Gasteiger partial charge < -0.3 is 10.5 Å². The third-order valence-corrected chi connectivity index (χ3v) is 2.24. The normalized spacial score (nSPS) is 9.93. The molecule has 0 saturated heterocycles. The molecule has 0 aliphatic rings. The summed E-state index contributed by atoms with van der Waals surface area (Å²) in [4.78, 5) is 4.06. The molecule has 0 bridgehead atoms. The number of ether oxygens (including phenoxy) is 1. The van der Waals surface area contributed by atoms with E-state index < -0.39 is 0 Å². The van der Waals surface area contributed by atoms with Crippen LogP contribution >= 0.6 is 0 Å². The minimum absolute atomic E-state index is 0.721. The third-order valence-electron chi connectivity index (χ3n) is 2.24. The summed E-state index contributed by atoms with van der Waals surface area (Å²) in [7, 11) is 1.64. The van der Waals surface area contributed by atoms with Crippen LogP contribution in [0.5, 0.6) is 5.75 Å². The van der Waals surface area contributed by atoms with Crippen LogP contribution in [0.2, 0.25) is 0 Å². The summed E-state index contributed by atoms with van der Waals surface area (Å²) in [6.07, 6.45) is 3.43. The van der Waals surface area contributed by atoms with Gasteiger partial charge in [0, 0.05) is 23.6 Å². The lowest BCUT2D eigenvalue weighted by Crippen LogP contribution is -1.91. The molecule has 76 valence electrons. The maximum Gasteiger partial charge on any atom is 0.119 e. The number of rotatable bonds is 2. The van der Waals surface area contributed by atoms with Crippen LogP contribution in [0, 0.1) is 0 Å². The molecule has 0 aliphatic heterocycles. The average molecular weight is 200 g/mol. The molecule has 2 aromatic rings. The van der Waals surface area contributed by atoms with Crippen LogP contribution in [0.4, 0.5) is 5.69 Å². The number of benzene rings is 1. The van der Waals surface area contributed by atoms with Crippen molar-refractivity contribution in [1.82, 2.24) is 4.98 Å². The van der Waals surface area contributed by atoms with E-state index >= 15 is 0 Å². The van der Waals surface area contributed by atoms with Crippen molar-refractivity contribution >= 4 is 5.69 Å². The summed E-state index contributed by atoms with van der Waals surface area (Å²) in [5.74, 6) is 0.816. The van der Waals surface area contributed by atoms with Gasteiger partial charge in [-0.15, -0.1) is 0 Å². The molecule has 0 spiro atoms. The number of hydrogen-bond acceptors (Lipinski definition) is 3. The summed E-state index contributed by atoms with van der Waals surface area (Å²) in [6.45, 7) is 0. The largest absolute Gasteiger partial charge is 0.497 e. The first-order chi connectivity index (χ1) is 7.31. The second-order valence-corrected chi connectivity index (χ2v) is 3.19. The summed E-state index contributed by atoms with van der Waals surface area (Å²) in [5.41, 5.74) is 8.52. The SMILES string of the molecule is COc1cccc(-c2cnccc2N)c1. The van der Waals surface area contributed by atoms with E-state index in [1.807, 2.05) is 24.3 Å². The second-order valence-electron chi connectivity index (χ2n) is 3.19. The van der Waals surface area contributed by atoms with Gasteiger partial charge in [0.2, 0.25) is 0 Å². The molecule has 3 nitrogen and oxygen atoms in total. The zero-order valence-corrected chi connectivity index (χ0v) is 8.47. The lowest BCUT2D eigenvalue weighted by Gasteiger charge is -2.06. The van der Waals surface area contributed by atoms with E-state index in [-0.39, 0.29) is 0 Å². The van der Waals surface area contributed by atoms with Gasteiger partial charge >= 0.3 is 0 Å². The Balaban J connectivity index is 2.49. The van der Waals surface area contributed by atoms with Crippen LogP contribution in [0.3, 0.4) is 0 Å². The molecule has 0 saturated carbocycles. The number of hydrogen-bond donors (Lipinski definition) is 1. The highest BCUT2D eigenvalue weighted by molar-refractivity contribution is 5.75. The third kappa shape index (κ3) is 1.91. The Morgan fingerprint density at radius 1 is 1.27 bits per heavy atom. The van der Waals surface area contributed by atoms with Gasteiger partial charge in [0.15, 0.2) is 0 Å². The number of nitrogen functional groups attached to an aromatic ring is 1. The van der Waals surface area contributed by atoms with Crippen LogP contribution in [0.1, 0.15) is 0 Å². The van der Waals surface area contributed by atoms with E-state index in [2.05, 4.69) is 4.98 Å². The molecule has 0 aliphatic carbocycles. The fourth-order valence-electron chi connectivity index (χ4n) is 1.44. The van der Waals surface area contributed by atoms with E-state index in [9.17, 15) is 0 Å². The molecule has 3 heteroatoms. The molecule has 0 amide bonds. The predicted octanol–water partition coefficient (Wildman–Crippen LogP) is 2.34. The van der Waals surface area contributed by atoms with E-state index in [0.717, 1.165) is 22.6 Å². The molecule has 0 unspecified atom stereocenters. The zero-order chi connectivity index (χ0) is 10.7. The van der Waals surface area contributed by atoms with Crippen LogP contribution in [0.15, 0.2) is 42.7 Å². The Bertz CT molecular complexity index is 469. The molecular weight excluding hydrogens is 188 g/mol. The van der Waals surface area contributed by atoms with Gasteiger partial charge in [-0.2, -0.15) is 0 Å².